The van der Waals surface area contributed by atoms with Gasteiger partial charge in [0.05, 0.1) is 6.54 Å². The third-order valence-corrected chi connectivity index (χ3v) is 2.73. The van der Waals surface area contributed by atoms with Gasteiger partial charge >= 0.3 is 5.97 Å². The van der Waals surface area contributed by atoms with Crippen LogP contribution in [-0.2, 0) is 9.53 Å². The Morgan fingerprint density at radius 2 is 2.44 bits per heavy atom. The molecule has 0 bridgehead atoms. The van der Waals surface area contributed by atoms with Gasteiger partial charge in [0.25, 0.3) is 0 Å². The zero-order chi connectivity index (χ0) is 11.5. The number of hydrogen-bond donors (Lipinski definition) is 1. The summed E-state index contributed by atoms with van der Waals surface area (Å²) >= 11 is 3.38. The van der Waals surface area contributed by atoms with E-state index < -0.39 is 5.97 Å². The summed E-state index contributed by atoms with van der Waals surface area (Å²) in [6.07, 6.45) is -0.309. The minimum atomic E-state index is -0.923. The van der Waals surface area contributed by atoms with Crippen molar-refractivity contribution in [2.75, 3.05) is 6.54 Å². The summed E-state index contributed by atoms with van der Waals surface area (Å²) in [4.78, 5) is 14.5. The quantitative estimate of drug-likeness (QED) is 0.927. The second-order valence-electron chi connectivity index (χ2n) is 3.47. The highest BCUT2D eigenvalue weighted by atomic mass is 79.9. The number of carboxylic acid groups (broad SMARTS) is 1. The lowest BCUT2D eigenvalue weighted by Crippen LogP contribution is -2.09. The van der Waals surface area contributed by atoms with Crippen molar-refractivity contribution in [3.8, 4) is 0 Å². The molecule has 84 valence electrons. The largest absolute Gasteiger partial charge is 0.481 e. The van der Waals surface area contributed by atoms with Crippen LogP contribution in [0.4, 0.5) is 0 Å². The van der Waals surface area contributed by atoms with Crippen molar-refractivity contribution in [3.63, 3.8) is 0 Å². The van der Waals surface area contributed by atoms with Gasteiger partial charge in [0.1, 0.15) is 12.5 Å². The number of aliphatic imine (C=N–C) groups is 1. The van der Waals surface area contributed by atoms with Gasteiger partial charge in [-0.1, -0.05) is 28.1 Å². The van der Waals surface area contributed by atoms with Crippen LogP contribution in [-0.4, -0.2) is 23.5 Å². The minimum absolute atomic E-state index is 0.148. The second kappa shape index (κ2) is 4.65. The minimum Gasteiger partial charge on any atom is -0.481 e. The van der Waals surface area contributed by atoms with Crippen LogP contribution in [0, 0.1) is 0 Å². The van der Waals surface area contributed by atoms with Gasteiger partial charge in [0.2, 0.25) is 0 Å². The van der Waals surface area contributed by atoms with Crippen molar-refractivity contribution in [2.45, 2.75) is 12.5 Å². The van der Waals surface area contributed by atoms with Crippen LogP contribution in [0.2, 0.25) is 0 Å². The molecule has 1 heterocycles. The van der Waals surface area contributed by atoms with Gasteiger partial charge in [-0.2, -0.15) is 0 Å². The van der Waals surface area contributed by atoms with E-state index in [0.717, 1.165) is 10.0 Å². The highest BCUT2D eigenvalue weighted by molar-refractivity contribution is 9.10. The molecule has 0 fully saturated rings. The first kappa shape index (κ1) is 11.1. The van der Waals surface area contributed by atoms with E-state index in [0.29, 0.717) is 12.4 Å². The van der Waals surface area contributed by atoms with Gasteiger partial charge in [-0.05, 0) is 17.7 Å². The van der Waals surface area contributed by atoms with Gasteiger partial charge in [0.15, 0.2) is 5.90 Å². The molecule has 0 aliphatic carbocycles. The monoisotopic (exact) mass is 283 g/mol. The maximum Gasteiger partial charge on any atom is 0.312 e. The molecule has 1 atom stereocenters. The number of benzene rings is 1. The normalized spacial score (nSPS) is 19.1. The lowest BCUT2D eigenvalue weighted by atomic mass is 10.1. The molecule has 1 N–H and O–H groups in total. The fourth-order valence-corrected chi connectivity index (χ4v) is 1.95. The number of halogens is 1. The molecule has 0 saturated heterocycles. The topological polar surface area (TPSA) is 58.9 Å². The number of hydrogen-bond acceptors (Lipinski definition) is 3. The predicted molar refractivity (Wildman–Crippen MR) is 62.5 cm³/mol. The first-order chi connectivity index (χ1) is 7.65. The third-order valence-electron chi connectivity index (χ3n) is 2.23. The number of aliphatic carboxylic acids is 1. The first-order valence-electron chi connectivity index (χ1n) is 4.82. The molecular weight excluding hydrogens is 274 g/mol. The summed E-state index contributed by atoms with van der Waals surface area (Å²) in [6, 6.07) is 7.73. The van der Waals surface area contributed by atoms with Crippen LogP contribution >= 0.6 is 15.9 Å². The van der Waals surface area contributed by atoms with E-state index >= 15 is 0 Å². The van der Waals surface area contributed by atoms with Crippen LogP contribution in [0.15, 0.2) is 33.7 Å². The van der Waals surface area contributed by atoms with Gasteiger partial charge < -0.3 is 9.84 Å². The molecule has 1 aromatic rings. The van der Waals surface area contributed by atoms with E-state index in [9.17, 15) is 4.79 Å². The molecule has 2 rings (SSSR count). The lowest BCUT2D eigenvalue weighted by molar-refractivity contribution is -0.135. The Morgan fingerprint density at radius 3 is 3.12 bits per heavy atom. The number of carbonyl (C=O) groups is 1. The maximum absolute atomic E-state index is 10.5. The summed E-state index contributed by atoms with van der Waals surface area (Å²) in [6.45, 7) is 0.485. The zero-order valence-electron chi connectivity index (χ0n) is 8.39. The predicted octanol–water partition coefficient (Wildman–Crippen LogP) is 2.39. The Bertz CT molecular complexity index is 445. The van der Waals surface area contributed by atoms with Crippen molar-refractivity contribution in [1.29, 1.82) is 0 Å². The fourth-order valence-electron chi connectivity index (χ4n) is 1.53. The Labute approximate surface area is 101 Å². The van der Waals surface area contributed by atoms with Gasteiger partial charge in [0, 0.05) is 4.47 Å². The summed E-state index contributed by atoms with van der Waals surface area (Å²) in [5.41, 5.74) is 0.999. The highest BCUT2D eigenvalue weighted by Gasteiger charge is 2.22. The number of ether oxygens (including phenoxy) is 1. The van der Waals surface area contributed by atoms with Crippen LogP contribution in [0.5, 0.6) is 0 Å². The Morgan fingerprint density at radius 1 is 1.62 bits per heavy atom. The van der Waals surface area contributed by atoms with E-state index in [2.05, 4.69) is 20.9 Å². The third kappa shape index (κ3) is 2.61. The average molecular weight is 284 g/mol. The van der Waals surface area contributed by atoms with Crippen molar-refractivity contribution in [2.24, 2.45) is 4.99 Å². The Balaban J connectivity index is 2.03. The Kier molecular flexibility index (Phi) is 3.24. The van der Waals surface area contributed by atoms with E-state index in [-0.39, 0.29) is 12.5 Å². The number of nitrogens with zero attached hydrogens (tertiary/aromatic N) is 1. The van der Waals surface area contributed by atoms with Crippen molar-refractivity contribution >= 4 is 27.8 Å². The van der Waals surface area contributed by atoms with E-state index in [1.165, 1.54) is 0 Å². The molecule has 16 heavy (non-hydrogen) atoms. The first-order valence-corrected chi connectivity index (χ1v) is 5.61. The molecule has 0 spiro atoms. The highest BCUT2D eigenvalue weighted by Crippen LogP contribution is 2.25. The smallest absolute Gasteiger partial charge is 0.312 e. The molecule has 0 saturated carbocycles. The standard InChI is InChI=1S/C11H10BrNO3/c12-8-3-1-2-7(4-8)9-6-13-10(16-9)5-11(14)15/h1-4,9H,5-6H2,(H,14,15). The average Bonchev–Trinajstić information content (AvgIpc) is 2.65. The number of carboxylic acids is 1. The summed E-state index contributed by atoms with van der Waals surface area (Å²) in [7, 11) is 0. The van der Waals surface area contributed by atoms with Crippen LogP contribution in [0.25, 0.3) is 0 Å². The Hall–Kier alpha value is -1.36. The van der Waals surface area contributed by atoms with E-state index in [1.54, 1.807) is 0 Å². The molecule has 1 aliphatic rings. The van der Waals surface area contributed by atoms with Gasteiger partial charge in [-0.15, -0.1) is 0 Å². The van der Waals surface area contributed by atoms with Gasteiger partial charge in [-0.25, -0.2) is 0 Å². The molecule has 0 aromatic heterocycles. The van der Waals surface area contributed by atoms with Crippen molar-refractivity contribution in [1.82, 2.24) is 0 Å². The summed E-state index contributed by atoms with van der Waals surface area (Å²) in [5, 5.41) is 8.61. The van der Waals surface area contributed by atoms with Crippen molar-refractivity contribution in [3.05, 3.63) is 34.3 Å². The molecule has 0 amide bonds. The lowest BCUT2D eigenvalue weighted by Gasteiger charge is -2.11. The van der Waals surface area contributed by atoms with Crippen LogP contribution in [0.3, 0.4) is 0 Å². The molecule has 1 unspecified atom stereocenters. The van der Waals surface area contributed by atoms with Gasteiger partial charge in [-0.3, -0.25) is 9.79 Å². The molecule has 4 nitrogen and oxygen atoms in total. The molecule has 1 aliphatic heterocycles. The zero-order valence-corrected chi connectivity index (χ0v) is 9.98. The second-order valence-corrected chi connectivity index (χ2v) is 4.38. The SMILES string of the molecule is O=C(O)CC1=NCC(c2cccc(Br)c2)O1. The number of rotatable bonds is 3. The van der Waals surface area contributed by atoms with Crippen LogP contribution in [0.1, 0.15) is 18.1 Å². The maximum atomic E-state index is 10.5. The van der Waals surface area contributed by atoms with Crippen molar-refractivity contribution < 1.29 is 14.6 Å². The molecular formula is C11H10BrNO3. The molecule has 5 heteroatoms. The molecule has 0 radical (unpaired) electrons. The fraction of sp³-hybridized carbons (Fsp3) is 0.273. The van der Waals surface area contributed by atoms with E-state index in [1.807, 2.05) is 24.3 Å². The summed E-state index contributed by atoms with van der Waals surface area (Å²) < 4.78 is 6.43. The van der Waals surface area contributed by atoms with E-state index in [4.69, 9.17) is 9.84 Å². The summed E-state index contributed by atoms with van der Waals surface area (Å²) in [5.74, 6) is -0.619. The molecule has 1 aromatic carbocycles. The van der Waals surface area contributed by atoms with Crippen LogP contribution < -0.4 is 0 Å².